The Labute approximate surface area is 212 Å². The van der Waals surface area contributed by atoms with Crippen molar-refractivity contribution >= 4 is 23.6 Å². The number of aryl methyl sites for hydroxylation is 1. The lowest BCUT2D eigenvalue weighted by Gasteiger charge is -2.22. The molecule has 2 aromatic carbocycles. The fourth-order valence-corrected chi connectivity index (χ4v) is 3.42. The molecule has 194 valence electrons. The van der Waals surface area contributed by atoms with Gasteiger partial charge in [-0.3, -0.25) is 25.1 Å². The number of carbonyl (C=O) groups is 3. The van der Waals surface area contributed by atoms with E-state index in [2.05, 4.69) is 16.0 Å². The summed E-state index contributed by atoms with van der Waals surface area (Å²) in [6.07, 6.45) is 2.02. The van der Waals surface area contributed by atoms with E-state index in [0.717, 1.165) is 18.4 Å². The Morgan fingerprint density at radius 1 is 0.944 bits per heavy atom. The molecular formula is C27H37N5O4. The van der Waals surface area contributed by atoms with E-state index in [1.54, 1.807) is 45.0 Å². The smallest absolute Gasteiger partial charge is 0.320 e. The summed E-state index contributed by atoms with van der Waals surface area (Å²) in [5, 5.41) is 15.8. The van der Waals surface area contributed by atoms with Crippen molar-refractivity contribution in [2.75, 3.05) is 13.1 Å². The molecule has 0 saturated carbocycles. The van der Waals surface area contributed by atoms with Gasteiger partial charge in [0.15, 0.2) is 0 Å². The standard InChI is InChI=1S/C27H37N5O4/c1-27(2,3)36-24(34)18-30-22(11-7-10-19-8-5-4-6-9-19)26(35)32-17-23(33)31-16-20-12-14-21(15-13-20)25(28)29/h4-6,8-9,12-15,22,30H,7,10-11,16-18H2,1-3H3,(H3,28,29)(H,31,33)(H,32,35)/t22-/m1/s1. The van der Waals surface area contributed by atoms with Crippen LogP contribution in [0.2, 0.25) is 0 Å². The highest BCUT2D eigenvalue weighted by atomic mass is 16.6. The molecule has 36 heavy (non-hydrogen) atoms. The zero-order valence-electron chi connectivity index (χ0n) is 21.2. The van der Waals surface area contributed by atoms with Crippen molar-refractivity contribution in [1.29, 1.82) is 5.41 Å². The Morgan fingerprint density at radius 2 is 1.61 bits per heavy atom. The minimum atomic E-state index is -0.645. The Morgan fingerprint density at radius 3 is 2.22 bits per heavy atom. The maximum atomic E-state index is 12.8. The van der Waals surface area contributed by atoms with Gasteiger partial charge in [-0.15, -0.1) is 0 Å². The summed E-state index contributed by atoms with van der Waals surface area (Å²) >= 11 is 0. The minimum Gasteiger partial charge on any atom is -0.459 e. The van der Waals surface area contributed by atoms with E-state index < -0.39 is 17.6 Å². The number of nitrogens with two attached hydrogens (primary N) is 1. The van der Waals surface area contributed by atoms with Crippen molar-refractivity contribution in [1.82, 2.24) is 16.0 Å². The van der Waals surface area contributed by atoms with Crippen molar-refractivity contribution in [3.05, 3.63) is 71.3 Å². The molecule has 0 radical (unpaired) electrons. The van der Waals surface area contributed by atoms with Crippen LogP contribution in [0.4, 0.5) is 0 Å². The summed E-state index contributed by atoms with van der Waals surface area (Å²) in [7, 11) is 0. The summed E-state index contributed by atoms with van der Waals surface area (Å²) in [5.41, 5.74) is 7.45. The van der Waals surface area contributed by atoms with Gasteiger partial charge in [0, 0.05) is 12.1 Å². The minimum absolute atomic E-state index is 0.0214. The van der Waals surface area contributed by atoms with E-state index in [4.69, 9.17) is 15.9 Å². The highest BCUT2D eigenvalue weighted by molar-refractivity contribution is 5.94. The third-order valence-corrected chi connectivity index (χ3v) is 5.21. The van der Waals surface area contributed by atoms with Crippen LogP contribution in [0.1, 0.15) is 50.3 Å². The van der Waals surface area contributed by atoms with Gasteiger partial charge >= 0.3 is 5.97 Å². The van der Waals surface area contributed by atoms with E-state index >= 15 is 0 Å². The lowest BCUT2D eigenvalue weighted by molar-refractivity contribution is -0.153. The molecule has 2 amide bonds. The molecule has 0 aliphatic heterocycles. The Bertz CT molecular complexity index is 1020. The number of carbonyl (C=O) groups excluding carboxylic acids is 3. The van der Waals surface area contributed by atoms with Crippen LogP contribution in [-0.2, 0) is 32.1 Å². The van der Waals surface area contributed by atoms with Crippen LogP contribution >= 0.6 is 0 Å². The first-order valence-electron chi connectivity index (χ1n) is 12.0. The van der Waals surface area contributed by atoms with Crippen molar-refractivity contribution in [3.8, 4) is 0 Å². The van der Waals surface area contributed by atoms with Crippen molar-refractivity contribution in [2.24, 2.45) is 5.73 Å². The molecule has 0 aliphatic carbocycles. The molecule has 1 atom stereocenters. The van der Waals surface area contributed by atoms with Gasteiger partial charge < -0.3 is 21.1 Å². The number of hydrogen-bond donors (Lipinski definition) is 5. The van der Waals surface area contributed by atoms with E-state index in [1.807, 2.05) is 30.3 Å². The molecule has 0 unspecified atom stereocenters. The molecule has 0 fully saturated rings. The van der Waals surface area contributed by atoms with Crippen LogP contribution in [0.5, 0.6) is 0 Å². The molecule has 2 rings (SSSR count). The Hall–Kier alpha value is -3.72. The van der Waals surface area contributed by atoms with Gasteiger partial charge in [0.25, 0.3) is 0 Å². The molecule has 0 aliphatic rings. The third-order valence-electron chi connectivity index (χ3n) is 5.21. The summed E-state index contributed by atoms with van der Waals surface area (Å²) < 4.78 is 5.32. The summed E-state index contributed by atoms with van der Waals surface area (Å²) in [4.78, 5) is 37.2. The van der Waals surface area contributed by atoms with E-state index in [1.165, 1.54) is 5.56 Å². The van der Waals surface area contributed by atoms with Gasteiger partial charge in [-0.05, 0) is 51.2 Å². The molecule has 2 aromatic rings. The highest BCUT2D eigenvalue weighted by Crippen LogP contribution is 2.09. The van der Waals surface area contributed by atoms with Crippen molar-refractivity contribution in [2.45, 2.75) is 58.2 Å². The van der Waals surface area contributed by atoms with E-state index in [-0.39, 0.29) is 37.3 Å². The molecule has 0 spiro atoms. The topological polar surface area (TPSA) is 146 Å². The SMILES string of the molecule is CC(C)(C)OC(=O)CN[C@H](CCCc1ccccc1)C(=O)NCC(=O)NCc1ccc(C(=N)N)cc1. The van der Waals surface area contributed by atoms with Crippen LogP contribution in [0.25, 0.3) is 0 Å². The van der Waals surface area contributed by atoms with Crippen LogP contribution in [0.3, 0.4) is 0 Å². The molecule has 9 heteroatoms. The molecule has 0 heterocycles. The zero-order chi connectivity index (χ0) is 26.6. The van der Waals surface area contributed by atoms with Crippen molar-refractivity contribution in [3.63, 3.8) is 0 Å². The Balaban J connectivity index is 1.85. The average molecular weight is 496 g/mol. The second kappa shape index (κ2) is 14.0. The summed E-state index contributed by atoms with van der Waals surface area (Å²) in [6, 6.07) is 16.3. The fraction of sp³-hybridized carbons (Fsp3) is 0.407. The zero-order valence-corrected chi connectivity index (χ0v) is 21.2. The number of amidine groups is 1. The number of benzene rings is 2. The third kappa shape index (κ3) is 11.1. The Kier molecular flexibility index (Phi) is 11.1. The largest absolute Gasteiger partial charge is 0.459 e. The number of amides is 2. The van der Waals surface area contributed by atoms with E-state index in [0.29, 0.717) is 12.0 Å². The van der Waals surface area contributed by atoms with Crippen LogP contribution in [-0.4, -0.2) is 48.4 Å². The predicted octanol–water partition coefficient (Wildman–Crippen LogP) is 2.03. The van der Waals surface area contributed by atoms with Crippen LogP contribution in [0.15, 0.2) is 54.6 Å². The van der Waals surface area contributed by atoms with E-state index in [9.17, 15) is 14.4 Å². The molecule has 0 bridgehead atoms. The maximum absolute atomic E-state index is 12.8. The monoisotopic (exact) mass is 495 g/mol. The first-order chi connectivity index (χ1) is 17.0. The van der Waals surface area contributed by atoms with Gasteiger partial charge in [-0.2, -0.15) is 0 Å². The highest BCUT2D eigenvalue weighted by Gasteiger charge is 2.22. The summed E-state index contributed by atoms with van der Waals surface area (Å²) in [6.45, 7) is 5.34. The van der Waals surface area contributed by atoms with Gasteiger partial charge in [0.05, 0.1) is 19.1 Å². The molecule has 0 aromatic heterocycles. The predicted molar refractivity (Wildman–Crippen MR) is 139 cm³/mol. The second-order valence-corrected chi connectivity index (χ2v) is 9.50. The number of esters is 1. The second-order valence-electron chi connectivity index (χ2n) is 9.50. The fourth-order valence-electron chi connectivity index (χ4n) is 3.42. The van der Waals surface area contributed by atoms with Crippen LogP contribution in [0, 0.1) is 5.41 Å². The van der Waals surface area contributed by atoms with Crippen molar-refractivity contribution < 1.29 is 19.1 Å². The number of rotatable bonds is 13. The maximum Gasteiger partial charge on any atom is 0.320 e. The quantitative estimate of drug-likeness (QED) is 0.163. The lowest BCUT2D eigenvalue weighted by atomic mass is 10.0. The lowest BCUT2D eigenvalue weighted by Crippen LogP contribution is -2.49. The number of nitrogen functional groups attached to an aromatic ring is 1. The van der Waals surface area contributed by atoms with Crippen LogP contribution < -0.4 is 21.7 Å². The van der Waals surface area contributed by atoms with Gasteiger partial charge in [-0.1, -0.05) is 54.6 Å². The molecule has 9 nitrogen and oxygen atoms in total. The first-order valence-corrected chi connectivity index (χ1v) is 12.0. The molecule has 6 N–H and O–H groups in total. The van der Waals surface area contributed by atoms with Gasteiger partial charge in [0.1, 0.15) is 11.4 Å². The molecular weight excluding hydrogens is 458 g/mol. The first kappa shape index (κ1) is 28.5. The average Bonchev–Trinajstić information content (AvgIpc) is 2.83. The summed E-state index contributed by atoms with van der Waals surface area (Å²) in [5.74, 6) is -1.16. The normalized spacial score (nSPS) is 11.9. The van der Waals surface area contributed by atoms with Gasteiger partial charge in [0.2, 0.25) is 11.8 Å². The van der Waals surface area contributed by atoms with Gasteiger partial charge in [-0.25, -0.2) is 0 Å². The number of hydrogen-bond acceptors (Lipinski definition) is 6. The number of ether oxygens (including phenoxy) is 1. The number of nitrogens with one attached hydrogen (secondary N) is 4. The molecule has 0 saturated heterocycles.